The second kappa shape index (κ2) is 23.1. The minimum Gasteiger partial charge on any atom is -0.507 e. The zero-order valence-corrected chi connectivity index (χ0v) is 43.9. The summed E-state index contributed by atoms with van der Waals surface area (Å²) in [5.41, 5.74) is 6.19. The van der Waals surface area contributed by atoms with Crippen LogP contribution < -0.4 is 32.3 Å². The number of rotatable bonds is 8. The first kappa shape index (κ1) is 56.4. The van der Waals surface area contributed by atoms with Crippen molar-refractivity contribution < 1.29 is 53.9 Å². The molecule has 9 N–H and O–H groups in total. The fourth-order valence-electron chi connectivity index (χ4n) is 10.2. The van der Waals surface area contributed by atoms with E-state index in [0.29, 0.717) is 49.4 Å². The first-order valence-corrected chi connectivity index (χ1v) is 25.0. The van der Waals surface area contributed by atoms with E-state index in [2.05, 4.69) is 24.1 Å². The summed E-state index contributed by atoms with van der Waals surface area (Å²) >= 11 is 0. The number of likely N-dealkylation sites (tertiary alicyclic amines) is 1. The van der Waals surface area contributed by atoms with Gasteiger partial charge in [-0.05, 0) is 74.1 Å². The molecule has 0 saturated carbocycles. The molecule has 5 aliphatic heterocycles. The monoisotopic (exact) mass is 1020 g/mol. The number of amides is 1. The number of piperidine rings is 1. The van der Waals surface area contributed by atoms with E-state index in [4.69, 9.17) is 40.9 Å². The summed E-state index contributed by atoms with van der Waals surface area (Å²) in [7, 11) is 1.00. The number of ether oxygens (including phenoxy) is 3. The van der Waals surface area contributed by atoms with Crippen molar-refractivity contribution in [1.82, 2.24) is 9.91 Å². The predicted molar refractivity (Wildman–Crippen MR) is 279 cm³/mol. The van der Waals surface area contributed by atoms with Crippen molar-refractivity contribution in [2.24, 2.45) is 51.2 Å². The summed E-state index contributed by atoms with van der Waals surface area (Å²) in [6.07, 6.45) is 9.69. The highest BCUT2D eigenvalue weighted by molar-refractivity contribution is 6.19. The molecule has 7 atom stereocenters. The largest absolute Gasteiger partial charge is 0.507 e. The second-order valence-electron chi connectivity index (χ2n) is 20.6. The summed E-state index contributed by atoms with van der Waals surface area (Å²) in [6, 6.07) is 5.54. The number of non-ortho nitro benzene ring substituents is 1. The zero-order chi connectivity index (χ0) is 54.6. The van der Waals surface area contributed by atoms with Gasteiger partial charge in [0.1, 0.15) is 35.2 Å². The predicted octanol–water partition coefficient (Wildman–Crippen LogP) is 5.78. The Labute approximate surface area is 430 Å². The van der Waals surface area contributed by atoms with Crippen LogP contribution in [0.1, 0.15) is 103 Å². The van der Waals surface area contributed by atoms with Crippen LogP contribution in [0.3, 0.4) is 0 Å². The average molecular weight is 1030 g/mol. The van der Waals surface area contributed by atoms with E-state index in [1.165, 1.54) is 43.7 Å². The van der Waals surface area contributed by atoms with Crippen molar-refractivity contribution in [3.05, 3.63) is 104 Å². The van der Waals surface area contributed by atoms with Crippen LogP contribution in [0, 0.1) is 46.6 Å². The number of fused-ring (bicyclic) bond motifs is 13. The Kier molecular flexibility index (Phi) is 17.6. The lowest BCUT2D eigenvalue weighted by atomic mass is 9.80. The van der Waals surface area contributed by atoms with Crippen LogP contribution in [0.5, 0.6) is 17.2 Å². The topological polar surface area (TPSA) is 298 Å². The van der Waals surface area contributed by atoms with Crippen LogP contribution in [0.25, 0.3) is 16.5 Å². The Balaban J connectivity index is 0.00000440. The number of hydrogen-bond acceptors (Lipinski definition) is 18. The summed E-state index contributed by atoms with van der Waals surface area (Å²) < 4.78 is 18.6. The van der Waals surface area contributed by atoms with Crippen molar-refractivity contribution >= 4 is 45.5 Å². The SMILES string of the molecule is C/C1=C/C=C/[C@H](C)C[C@@H](C)[C@@H](O)[C@@H](C)C(OC(=O)CN(N)/C=C(\N)c2ccc([N+](=O)[O-])cc2)[C@H](C)C/C=C/OC2(C)Oc3c(C)c(O)c4c(O)c(c5c(c4c3C2=O)=NC2(CCN(CC(C)C)CC2)N=5)NC1=O.CO. The molecule has 3 aromatic rings. The standard InChI is InChI=1S/C53H68N8O11.CH4O/c1-28(2)25-59-21-19-53(20-22-59)57-42-39-40-46(64)34(8)49-41(39)50(66)52(9,72-49)70-23-11-14-30(4)48(71-38(62)27-60(55)26-37(54)35-15-17-36(18-16-35)61(68)69)33(7)45(63)32(6)24-29(3)12-10-13-31(5)51(67)56-44(47(40)65)43(42)58-53;1-2/h10-13,15-18,23,26,28-30,32-33,45,48,63-65H,14,19-22,24-25,27,54-55H2,1-9H3,(H,56,67);2H,1H3/b12-10+,23-11+,31-13-,37-26-;/t29-,30+,32+,33+,45+,48?,52?;/m0./s1. The maximum absolute atomic E-state index is 14.8. The highest BCUT2D eigenvalue weighted by Gasteiger charge is 2.50. The van der Waals surface area contributed by atoms with Crippen molar-refractivity contribution in [3.8, 4) is 17.2 Å². The van der Waals surface area contributed by atoms with Gasteiger partial charge in [0, 0.05) is 87.3 Å². The van der Waals surface area contributed by atoms with Gasteiger partial charge in [0.2, 0.25) is 0 Å². The number of nitro groups is 1. The van der Waals surface area contributed by atoms with E-state index >= 15 is 0 Å². The third-order valence-corrected chi connectivity index (χ3v) is 14.2. The number of benzene rings is 3. The highest BCUT2D eigenvalue weighted by Crippen LogP contribution is 2.50. The molecule has 5 bridgehead atoms. The number of phenols is 2. The lowest BCUT2D eigenvalue weighted by Gasteiger charge is -2.36. The molecule has 1 saturated heterocycles. The number of hydrazine groups is 1. The van der Waals surface area contributed by atoms with E-state index in [9.17, 15) is 39.8 Å². The van der Waals surface area contributed by atoms with E-state index in [1.807, 2.05) is 26.8 Å². The first-order chi connectivity index (χ1) is 34.9. The fourth-order valence-corrected chi connectivity index (χ4v) is 10.2. The summed E-state index contributed by atoms with van der Waals surface area (Å²) in [6.45, 7) is 18.4. The number of nitrogens with one attached hydrogen (secondary N) is 1. The number of nitrogens with zero attached hydrogens (tertiary/aromatic N) is 5. The number of aromatic hydroxyl groups is 2. The van der Waals surface area contributed by atoms with Crippen LogP contribution in [0.4, 0.5) is 11.4 Å². The molecule has 0 aromatic heterocycles. The summed E-state index contributed by atoms with van der Waals surface area (Å²) in [5, 5.41) is 58.4. The van der Waals surface area contributed by atoms with E-state index < -0.39 is 70.4 Å². The van der Waals surface area contributed by atoms with Gasteiger partial charge in [0.25, 0.3) is 17.4 Å². The van der Waals surface area contributed by atoms with Crippen molar-refractivity contribution in [2.45, 2.75) is 112 Å². The highest BCUT2D eigenvalue weighted by atomic mass is 16.7. The fraction of sp³-hybridized carbons (Fsp3) is 0.500. The quantitative estimate of drug-likeness (QED) is 0.0462. The number of aliphatic hydroxyl groups excluding tert-OH is 2. The number of Topliss-reactive ketones (excluding diaryl/α,β-unsaturated/α-hetero) is 1. The maximum Gasteiger partial charge on any atom is 0.327 e. The molecule has 0 radical (unpaired) electrons. The lowest BCUT2D eigenvalue weighted by molar-refractivity contribution is -0.384. The molecule has 0 aliphatic carbocycles. The van der Waals surface area contributed by atoms with Gasteiger partial charge in [-0.15, -0.1) is 0 Å². The molecule has 400 valence electrons. The third-order valence-electron chi connectivity index (χ3n) is 14.2. The number of allylic oxidation sites excluding steroid dienone is 4. The number of phenolic OH excluding ortho intramolecular Hbond substituents is 2. The number of nitrogens with two attached hydrogens (primary N) is 2. The Morgan fingerprint density at radius 3 is 2.32 bits per heavy atom. The van der Waals surface area contributed by atoms with Crippen LogP contribution in [0.2, 0.25) is 0 Å². The van der Waals surface area contributed by atoms with Gasteiger partial charge in [-0.25, -0.2) is 5.84 Å². The van der Waals surface area contributed by atoms with E-state index in [0.717, 1.165) is 18.7 Å². The molecule has 20 heteroatoms. The molecule has 8 rings (SSSR count). The molecule has 74 heavy (non-hydrogen) atoms. The Hall–Kier alpha value is -6.87. The maximum atomic E-state index is 14.8. The number of aliphatic hydroxyl groups is 2. The molecule has 2 unspecified atom stereocenters. The van der Waals surface area contributed by atoms with Crippen molar-refractivity contribution in [1.29, 1.82) is 0 Å². The summed E-state index contributed by atoms with van der Waals surface area (Å²) in [4.78, 5) is 65.7. The number of nitro benzene ring substituents is 1. The molecular weight excluding hydrogens is 953 g/mol. The second-order valence-corrected chi connectivity index (χ2v) is 20.6. The lowest BCUT2D eigenvalue weighted by Crippen LogP contribution is -2.43. The first-order valence-electron chi connectivity index (χ1n) is 25.0. The number of ketones is 1. The Morgan fingerprint density at radius 2 is 1.69 bits per heavy atom. The van der Waals surface area contributed by atoms with Gasteiger partial charge in [-0.3, -0.25) is 34.5 Å². The molecule has 5 heterocycles. The normalized spacial score (nSPS) is 26.8. The van der Waals surface area contributed by atoms with Crippen molar-refractivity contribution in [3.63, 3.8) is 0 Å². The Morgan fingerprint density at radius 1 is 1.04 bits per heavy atom. The van der Waals surface area contributed by atoms with Gasteiger partial charge < -0.3 is 55.6 Å². The molecule has 3 aromatic carbocycles. The van der Waals surface area contributed by atoms with Crippen LogP contribution in [0.15, 0.2) is 76.6 Å². The number of carbonyl (C=O) groups is 3. The van der Waals surface area contributed by atoms with Gasteiger partial charge in [-0.1, -0.05) is 59.8 Å². The van der Waals surface area contributed by atoms with Crippen molar-refractivity contribution in [2.75, 3.05) is 38.6 Å². The summed E-state index contributed by atoms with van der Waals surface area (Å²) in [5.74, 6) is 0.665. The van der Waals surface area contributed by atoms with Gasteiger partial charge >= 0.3 is 11.8 Å². The molecule has 1 spiro atoms. The average Bonchev–Trinajstić information content (AvgIpc) is 3.85. The van der Waals surface area contributed by atoms with Gasteiger partial charge in [0.15, 0.2) is 11.4 Å². The number of esters is 1. The number of anilines is 1. The smallest absolute Gasteiger partial charge is 0.327 e. The number of carbonyl (C=O) groups excluding carboxylic acids is 3. The van der Waals surface area contributed by atoms with Gasteiger partial charge in [0.05, 0.1) is 39.3 Å². The van der Waals surface area contributed by atoms with Crippen LogP contribution in [-0.4, -0.2) is 110 Å². The minimum atomic E-state index is -1.95. The van der Waals surface area contributed by atoms with E-state index in [-0.39, 0.29) is 79.4 Å². The van der Waals surface area contributed by atoms with Crippen LogP contribution >= 0.6 is 0 Å². The number of hydrogen-bond donors (Lipinski definition) is 7. The molecule has 20 nitrogen and oxygen atoms in total. The molecule has 1 fully saturated rings. The van der Waals surface area contributed by atoms with Gasteiger partial charge in [-0.2, -0.15) is 0 Å². The third kappa shape index (κ3) is 11.9. The molecule has 1 amide bonds. The Bertz CT molecular complexity index is 2890. The zero-order valence-electron chi connectivity index (χ0n) is 43.9. The molecule has 5 aliphatic rings. The molecular formula is C54H72N8O12. The van der Waals surface area contributed by atoms with E-state index in [1.54, 1.807) is 39.0 Å². The van der Waals surface area contributed by atoms with Crippen LogP contribution in [-0.2, 0) is 19.1 Å². The minimum absolute atomic E-state index is 0.0353.